The summed E-state index contributed by atoms with van der Waals surface area (Å²) >= 11 is 5.98. The summed E-state index contributed by atoms with van der Waals surface area (Å²) in [5.41, 5.74) is -0.374. The predicted molar refractivity (Wildman–Crippen MR) is 75.6 cm³/mol. The minimum absolute atomic E-state index is 0.506. The third-order valence-electron chi connectivity index (χ3n) is 3.97. The highest BCUT2D eigenvalue weighted by atomic mass is 35.5. The number of hydrogen-bond donors (Lipinski definition) is 2. The Kier molecular flexibility index (Phi) is 4.71. The molecular weight excluding hydrogens is 264 g/mol. The van der Waals surface area contributed by atoms with Crippen LogP contribution in [0.4, 0.5) is 0 Å². The Morgan fingerprint density at radius 3 is 2.42 bits per heavy atom. The number of rotatable bonds is 3. The molecule has 2 N–H and O–H groups in total. The fraction of sp³-hybridized carbons (Fsp3) is 0.600. The van der Waals surface area contributed by atoms with Crippen LogP contribution in [0.5, 0.6) is 5.75 Å². The molecule has 3 nitrogen and oxygen atoms in total. The van der Waals surface area contributed by atoms with E-state index in [0.717, 1.165) is 25.7 Å². The van der Waals surface area contributed by atoms with E-state index in [4.69, 9.17) is 16.3 Å². The standard InChI is InChI=1S/C15H21ClO3/c1-19-13-10-11(6-7-12(13)16)14(17)15(18)8-4-2-3-5-9-15/h6-7,10,14,17-18H,2-5,8-9H2,1H3. The summed E-state index contributed by atoms with van der Waals surface area (Å²) in [5, 5.41) is 21.7. The van der Waals surface area contributed by atoms with Gasteiger partial charge in [-0.1, -0.05) is 43.4 Å². The highest BCUT2D eigenvalue weighted by Crippen LogP contribution is 2.39. The molecule has 0 radical (unpaired) electrons. The molecular formula is C15H21ClO3. The van der Waals surface area contributed by atoms with E-state index in [-0.39, 0.29) is 0 Å². The molecule has 1 aliphatic carbocycles. The van der Waals surface area contributed by atoms with Gasteiger partial charge < -0.3 is 14.9 Å². The van der Waals surface area contributed by atoms with Crippen LogP contribution in [-0.2, 0) is 0 Å². The van der Waals surface area contributed by atoms with Gasteiger partial charge in [-0.05, 0) is 30.5 Å². The average Bonchev–Trinajstić information content (AvgIpc) is 2.64. The average molecular weight is 285 g/mol. The number of halogens is 1. The largest absolute Gasteiger partial charge is 0.495 e. The molecule has 1 aromatic carbocycles. The van der Waals surface area contributed by atoms with Gasteiger partial charge in [0, 0.05) is 0 Å². The zero-order valence-electron chi connectivity index (χ0n) is 11.2. The molecule has 106 valence electrons. The van der Waals surface area contributed by atoms with Crippen molar-refractivity contribution >= 4 is 11.6 Å². The Morgan fingerprint density at radius 1 is 1.21 bits per heavy atom. The second kappa shape index (κ2) is 6.12. The van der Waals surface area contributed by atoms with Gasteiger partial charge in [0.1, 0.15) is 11.9 Å². The number of hydrogen-bond acceptors (Lipinski definition) is 3. The van der Waals surface area contributed by atoms with Crippen molar-refractivity contribution in [3.8, 4) is 5.75 Å². The van der Waals surface area contributed by atoms with Crippen LogP contribution < -0.4 is 4.74 Å². The van der Waals surface area contributed by atoms with E-state index in [1.807, 2.05) is 0 Å². The highest BCUT2D eigenvalue weighted by molar-refractivity contribution is 6.32. The summed E-state index contributed by atoms with van der Waals surface area (Å²) < 4.78 is 5.16. The van der Waals surface area contributed by atoms with Gasteiger partial charge in [-0.2, -0.15) is 0 Å². The normalized spacial score (nSPS) is 20.6. The second-order valence-corrected chi connectivity index (χ2v) is 5.72. The first-order valence-electron chi connectivity index (χ1n) is 6.81. The lowest BCUT2D eigenvalue weighted by atomic mass is 9.84. The van der Waals surface area contributed by atoms with E-state index in [0.29, 0.717) is 29.2 Å². The molecule has 2 rings (SSSR count). The van der Waals surface area contributed by atoms with Crippen LogP contribution in [0.2, 0.25) is 5.02 Å². The Morgan fingerprint density at radius 2 is 1.84 bits per heavy atom. The van der Waals surface area contributed by atoms with E-state index >= 15 is 0 Å². The van der Waals surface area contributed by atoms with Crippen LogP contribution >= 0.6 is 11.6 Å². The predicted octanol–water partition coefficient (Wildman–Crippen LogP) is 3.47. The molecule has 0 aliphatic heterocycles. The first-order chi connectivity index (χ1) is 9.07. The first-order valence-corrected chi connectivity index (χ1v) is 7.18. The quantitative estimate of drug-likeness (QED) is 0.836. The summed E-state index contributed by atoms with van der Waals surface area (Å²) in [7, 11) is 1.54. The fourth-order valence-electron chi connectivity index (χ4n) is 2.77. The van der Waals surface area contributed by atoms with Gasteiger partial charge in [0.2, 0.25) is 0 Å². The molecule has 1 aliphatic rings. The fourth-order valence-corrected chi connectivity index (χ4v) is 2.97. The SMILES string of the molecule is COc1cc(C(O)C2(O)CCCCCC2)ccc1Cl. The summed E-state index contributed by atoms with van der Waals surface area (Å²) in [4.78, 5) is 0. The first kappa shape index (κ1) is 14.6. The minimum Gasteiger partial charge on any atom is -0.495 e. The molecule has 1 unspecified atom stereocenters. The van der Waals surface area contributed by atoms with Crippen molar-refractivity contribution < 1.29 is 14.9 Å². The van der Waals surface area contributed by atoms with Gasteiger partial charge in [-0.3, -0.25) is 0 Å². The molecule has 0 heterocycles. The van der Waals surface area contributed by atoms with Crippen molar-refractivity contribution in [1.29, 1.82) is 0 Å². The van der Waals surface area contributed by atoms with Crippen LogP contribution in [-0.4, -0.2) is 22.9 Å². The number of aliphatic hydroxyl groups excluding tert-OH is 1. The molecule has 1 atom stereocenters. The van der Waals surface area contributed by atoms with Gasteiger partial charge in [-0.15, -0.1) is 0 Å². The maximum Gasteiger partial charge on any atom is 0.137 e. The van der Waals surface area contributed by atoms with Gasteiger partial charge >= 0.3 is 0 Å². The van der Waals surface area contributed by atoms with Crippen molar-refractivity contribution in [1.82, 2.24) is 0 Å². The summed E-state index contributed by atoms with van der Waals surface area (Å²) in [5.74, 6) is 0.524. The number of benzene rings is 1. The summed E-state index contributed by atoms with van der Waals surface area (Å²) in [6, 6.07) is 5.15. The maximum absolute atomic E-state index is 10.7. The maximum atomic E-state index is 10.7. The van der Waals surface area contributed by atoms with E-state index in [2.05, 4.69) is 0 Å². The molecule has 19 heavy (non-hydrogen) atoms. The van der Waals surface area contributed by atoms with Crippen molar-refractivity contribution in [2.45, 2.75) is 50.2 Å². The molecule has 0 saturated heterocycles. The molecule has 0 amide bonds. The Bertz CT molecular complexity index is 425. The summed E-state index contributed by atoms with van der Waals surface area (Å²) in [6.45, 7) is 0. The van der Waals surface area contributed by atoms with Crippen LogP contribution in [0.15, 0.2) is 18.2 Å². The van der Waals surface area contributed by atoms with E-state index in [1.54, 1.807) is 18.2 Å². The van der Waals surface area contributed by atoms with Gasteiger partial charge in [0.15, 0.2) is 0 Å². The molecule has 0 spiro atoms. The van der Waals surface area contributed by atoms with Crippen LogP contribution in [0.3, 0.4) is 0 Å². The second-order valence-electron chi connectivity index (χ2n) is 5.31. The zero-order valence-corrected chi connectivity index (χ0v) is 12.0. The lowest BCUT2D eigenvalue weighted by molar-refractivity contribution is -0.0867. The molecule has 1 aromatic rings. The van der Waals surface area contributed by atoms with E-state index in [9.17, 15) is 10.2 Å². The highest BCUT2D eigenvalue weighted by Gasteiger charge is 2.36. The molecule has 0 bridgehead atoms. The van der Waals surface area contributed by atoms with Gasteiger partial charge in [0.25, 0.3) is 0 Å². The van der Waals surface area contributed by atoms with Crippen LogP contribution in [0, 0.1) is 0 Å². The number of methoxy groups -OCH3 is 1. The van der Waals surface area contributed by atoms with Crippen molar-refractivity contribution in [3.63, 3.8) is 0 Å². The van der Waals surface area contributed by atoms with Crippen molar-refractivity contribution in [2.24, 2.45) is 0 Å². The van der Waals surface area contributed by atoms with Crippen LogP contribution in [0.25, 0.3) is 0 Å². The van der Waals surface area contributed by atoms with Crippen LogP contribution in [0.1, 0.15) is 50.2 Å². The lowest BCUT2D eigenvalue weighted by Crippen LogP contribution is -2.35. The zero-order chi connectivity index (χ0) is 13.9. The molecule has 1 saturated carbocycles. The van der Waals surface area contributed by atoms with Gasteiger partial charge in [0.05, 0.1) is 17.7 Å². The molecule has 4 heteroatoms. The Labute approximate surface area is 119 Å². The third kappa shape index (κ3) is 3.22. The van der Waals surface area contributed by atoms with Crippen molar-refractivity contribution in [2.75, 3.05) is 7.11 Å². The molecule has 0 aromatic heterocycles. The smallest absolute Gasteiger partial charge is 0.137 e. The van der Waals surface area contributed by atoms with E-state index in [1.165, 1.54) is 7.11 Å². The van der Waals surface area contributed by atoms with Crippen molar-refractivity contribution in [3.05, 3.63) is 28.8 Å². The van der Waals surface area contributed by atoms with Gasteiger partial charge in [-0.25, -0.2) is 0 Å². The third-order valence-corrected chi connectivity index (χ3v) is 4.28. The Balaban J connectivity index is 2.24. The lowest BCUT2D eigenvalue weighted by Gasteiger charge is -2.32. The monoisotopic (exact) mass is 284 g/mol. The number of aliphatic hydroxyl groups is 2. The Hall–Kier alpha value is -0.770. The minimum atomic E-state index is -1.03. The topological polar surface area (TPSA) is 49.7 Å². The summed E-state index contributed by atoms with van der Waals surface area (Å²) in [6.07, 6.45) is 4.55. The molecule has 1 fully saturated rings. The van der Waals surface area contributed by atoms with E-state index < -0.39 is 11.7 Å². The number of ether oxygens (including phenoxy) is 1.